The molecule has 0 aliphatic heterocycles. The summed E-state index contributed by atoms with van der Waals surface area (Å²) in [6, 6.07) is 14.6. The average Bonchev–Trinajstić information content (AvgIpc) is 2.53. The molecular formula is C20H21N. The number of rotatable bonds is 5. The highest BCUT2D eigenvalue weighted by Crippen LogP contribution is 2.27. The van der Waals surface area contributed by atoms with E-state index in [4.69, 9.17) is 0 Å². The van der Waals surface area contributed by atoms with Crippen LogP contribution in [-0.4, -0.2) is 7.05 Å². The van der Waals surface area contributed by atoms with Crippen LogP contribution in [0.1, 0.15) is 22.3 Å². The standard InChI is InChI=1S/C20H21N/c1-6-17-9-11-19(12-10-17)21(5)16(4)20-13-8-15(3)14-18(20)7-2/h6-14H,1-2,4H2,3,5H3. The number of hydrogen-bond acceptors (Lipinski definition) is 1. The van der Waals surface area contributed by atoms with Gasteiger partial charge in [0, 0.05) is 24.0 Å². The molecule has 0 N–H and O–H groups in total. The molecule has 0 saturated heterocycles. The normalized spacial score (nSPS) is 10.0. The molecule has 0 aliphatic rings. The van der Waals surface area contributed by atoms with E-state index < -0.39 is 0 Å². The predicted octanol–water partition coefficient (Wildman–Crippen LogP) is 5.39. The molecule has 106 valence electrons. The quantitative estimate of drug-likeness (QED) is 0.707. The van der Waals surface area contributed by atoms with E-state index in [0.717, 1.165) is 28.1 Å². The third-order valence-corrected chi connectivity index (χ3v) is 3.66. The summed E-state index contributed by atoms with van der Waals surface area (Å²) < 4.78 is 0. The van der Waals surface area contributed by atoms with Crippen LogP contribution >= 0.6 is 0 Å². The number of anilines is 1. The Kier molecular flexibility index (Phi) is 4.44. The molecule has 2 rings (SSSR count). The lowest BCUT2D eigenvalue weighted by atomic mass is 10.0. The highest BCUT2D eigenvalue weighted by Gasteiger charge is 2.10. The van der Waals surface area contributed by atoms with Gasteiger partial charge in [-0.15, -0.1) is 0 Å². The minimum atomic E-state index is 0.955. The van der Waals surface area contributed by atoms with Gasteiger partial charge < -0.3 is 4.90 Å². The van der Waals surface area contributed by atoms with Crippen LogP contribution in [0.25, 0.3) is 17.8 Å². The highest BCUT2D eigenvalue weighted by molar-refractivity contribution is 5.82. The van der Waals surface area contributed by atoms with Crippen molar-refractivity contribution in [3.05, 3.63) is 84.5 Å². The lowest BCUT2D eigenvalue weighted by Gasteiger charge is -2.23. The van der Waals surface area contributed by atoms with Gasteiger partial charge >= 0.3 is 0 Å². The summed E-state index contributed by atoms with van der Waals surface area (Å²) in [7, 11) is 2.03. The van der Waals surface area contributed by atoms with Gasteiger partial charge in [0.05, 0.1) is 0 Å². The van der Waals surface area contributed by atoms with Crippen molar-refractivity contribution in [3.8, 4) is 0 Å². The van der Waals surface area contributed by atoms with Gasteiger partial charge in [-0.2, -0.15) is 0 Å². The smallest absolute Gasteiger partial charge is 0.0414 e. The lowest BCUT2D eigenvalue weighted by Crippen LogP contribution is -2.15. The zero-order chi connectivity index (χ0) is 15.4. The van der Waals surface area contributed by atoms with Crippen LogP contribution in [0.3, 0.4) is 0 Å². The third-order valence-electron chi connectivity index (χ3n) is 3.66. The van der Waals surface area contributed by atoms with Crippen molar-refractivity contribution < 1.29 is 0 Å². The molecule has 0 spiro atoms. The summed E-state index contributed by atoms with van der Waals surface area (Å²) in [4.78, 5) is 2.09. The predicted molar refractivity (Wildman–Crippen MR) is 95.2 cm³/mol. The first-order chi connectivity index (χ1) is 10.1. The van der Waals surface area contributed by atoms with Crippen LogP contribution < -0.4 is 4.90 Å². The molecule has 2 aromatic rings. The average molecular weight is 275 g/mol. The van der Waals surface area contributed by atoms with Gasteiger partial charge in [-0.3, -0.25) is 0 Å². The van der Waals surface area contributed by atoms with Gasteiger partial charge in [-0.1, -0.05) is 67.8 Å². The van der Waals surface area contributed by atoms with E-state index in [1.807, 2.05) is 19.2 Å². The maximum Gasteiger partial charge on any atom is 0.0414 e. The molecule has 0 radical (unpaired) electrons. The van der Waals surface area contributed by atoms with Crippen LogP contribution in [0.15, 0.2) is 62.2 Å². The second-order valence-corrected chi connectivity index (χ2v) is 5.10. The van der Waals surface area contributed by atoms with Crippen LogP contribution in [0.5, 0.6) is 0 Å². The molecule has 1 nitrogen and oxygen atoms in total. The lowest BCUT2D eigenvalue weighted by molar-refractivity contribution is 1.22. The van der Waals surface area contributed by atoms with E-state index in [1.54, 1.807) is 0 Å². The Morgan fingerprint density at radius 3 is 2.24 bits per heavy atom. The number of benzene rings is 2. The number of aryl methyl sites for hydroxylation is 1. The van der Waals surface area contributed by atoms with E-state index >= 15 is 0 Å². The summed E-state index contributed by atoms with van der Waals surface area (Å²) in [5, 5.41) is 0. The third kappa shape index (κ3) is 3.14. The molecule has 0 atom stereocenters. The molecule has 21 heavy (non-hydrogen) atoms. The van der Waals surface area contributed by atoms with Crippen molar-refractivity contribution in [2.24, 2.45) is 0 Å². The summed E-state index contributed by atoms with van der Waals surface area (Å²) in [5.74, 6) is 0. The largest absolute Gasteiger partial charge is 0.345 e. The zero-order valence-electron chi connectivity index (χ0n) is 12.8. The first kappa shape index (κ1) is 14.9. The van der Waals surface area contributed by atoms with Crippen LogP contribution in [-0.2, 0) is 0 Å². The zero-order valence-corrected chi connectivity index (χ0v) is 12.8. The van der Waals surface area contributed by atoms with Gasteiger partial charge in [0.15, 0.2) is 0 Å². The second-order valence-electron chi connectivity index (χ2n) is 5.10. The Bertz CT molecular complexity index is 677. The number of hydrogen-bond donors (Lipinski definition) is 0. The fraction of sp³-hybridized carbons (Fsp3) is 0.100. The first-order valence-corrected chi connectivity index (χ1v) is 6.95. The van der Waals surface area contributed by atoms with Gasteiger partial charge in [0.1, 0.15) is 0 Å². The first-order valence-electron chi connectivity index (χ1n) is 6.95. The molecule has 0 amide bonds. The van der Waals surface area contributed by atoms with Crippen LogP contribution in [0.4, 0.5) is 5.69 Å². The maximum absolute atomic E-state index is 4.24. The van der Waals surface area contributed by atoms with Crippen molar-refractivity contribution in [1.29, 1.82) is 0 Å². The monoisotopic (exact) mass is 275 g/mol. The molecule has 0 bridgehead atoms. The van der Waals surface area contributed by atoms with Crippen molar-refractivity contribution in [2.45, 2.75) is 6.92 Å². The second kappa shape index (κ2) is 6.27. The fourth-order valence-electron chi connectivity index (χ4n) is 2.28. The van der Waals surface area contributed by atoms with E-state index in [-0.39, 0.29) is 0 Å². The van der Waals surface area contributed by atoms with E-state index in [2.05, 4.69) is 74.0 Å². The van der Waals surface area contributed by atoms with E-state index in [9.17, 15) is 0 Å². The number of nitrogens with zero attached hydrogens (tertiary/aromatic N) is 1. The van der Waals surface area contributed by atoms with Gasteiger partial charge in [-0.25, -0.2) is 0 Å². The summed E-state index contributed by atoms with van der Waals surface area (Å²) in [6.07, 6.45) is 3.72. The molecule has 0 aromatic heterocycles. The molecule has 0 aliphatic carbocycles. The van der Waals surface area contributed by atoms with E-state index in [1.165, 1.54) is 5.56 Å². The van der Waals surface area contributed by atoms with Gasteiger partial charge in [0.25, 0.3) is 0 Å². The van der Waals surface area contributed by atoms with E-state index in [0.29, 0.717) is 0 Å². The summed E-state index contributed by atoms with van der Waals surface area (Å²) in [6.45, 7) is 14.0. The highest BCUT2D eigenvalue weighted by atomic mass is 15.1. The van der Waals surface area contributed by atoms with Crippen molar-refractivity contribution >= 4 is 23.5 Å². The summed E-state index contributed by atoms with van der Waals surface area (Å²) in [5.41, 5.74) is 6.59. The molecule has 0 heterocycles. The minimum Gasteiger partial charge on any atom is -0.345 e. The van der Waals surface area contributed by atoms with Crippen LogP contribution in [0, 0.1) is 6.92 Å². The Morgan fingerprint density at radius 1 is 1.00 bits per heavy atom. The Hall–Kier alpha value is -2.54. The summed E-state index contributed by atoms with van der Waals surface area (Å²) >= 11 is 0. The minimum absolute atomic E-state index is 0.955. The molecule has 1 heteroatoms. The Balaban J connectivity index is 2.34. The van der Waals surface area contributed by atoms with Gasteiger partial charge in [-0.05, 0) is 30.2 Å². The fourth-order valence-corrected chi connectivity index (χ4v) is 2.28. The van der Waals surface area contributed by atoms with Crippen molar-refractivity contribution in [1.82, 2.24) is 0 Å². The van der Waals surface area contributed by atoms with Crippen LogP contribution in [0.2, 0.25) is 0 Å². The van der Waals surface area contributed by atoms with Crippen molar-refractivity contribution in [2.75, 3.05) is 11.9 Å². The maximum atomic E-state index is 4.24. The molecule has 2 aromatic carbocycles. The van der Waals surface area contributed by atoms with Crippen molar-refractivity contribution in [3.63, 3.8) is 0 Å². The Morgan fingerprint density at radius 2 is 1.67 bits per heavy atom. The molecule has 0 fully saturated rings. The SMILES string of the molecule is C=Cc1ccc(N(C)C(=C)c2ccc(C)cc2C=C)cc1. The molecular weight excluding hydrogens is 254 g/mol. The molecule has 0 unspecified atom stereocenters. The topological polar surface area (TPSA) is 3.24 Å². The van der Waals surface area contributed by atoms with Gasteiger partial charge in [0.2, 0.25) is 0 Å². The Labute approximate surface area is 127 Å². The molecule has 0 saturated carbocycles.